The summed E-state index contributed by atoms with van der Waals surface area (Å²) < 4.78 is 0. The normalized spacial score (nSPS) is 19.9. The van der Waals surface area contributed by atoms with E-state index in [1.165, 1.54) is 0 Å². The summed E-state index contributed by atoms with van der Waals surface area (Å²) in [7, 11) is 1.97. The highest BCUT2D eigenvalue weighted by atomic mass is 32.2. The van der Waals surface area contributed by atoms with Crippen LogP contribution in [0.3, 0.4) is 0 Å². The molecule has 0 radical (unpaired) electrons. The van der Waals surface area contributed by atoms with Crippen molar-refractivity contribution in [3.63, 3.8) is 0 Å². The number of aromatic amines is 1. The Morgan fingerprint density at radius 3 is 3.13 bits per heavy atom. The Bertz CT molecular complexity index is 638. The Morgan fingerprint density at radius 1 is 1.52 bits per heavy atom. The highest BCUT2D eigenvalue weighted by molar-refractivity contribution is 8.00. The van der Waals surface area contributed by atoms with Gasteiger partial charge >= 0.3 is 0 Å². The van der Waals surface area contributed by atoms with Crippen LogP contribution < -0.4 is 5.32 Å². The van der Waals surface area contributed by atoms with Crippen LogP contribution in [0.1, 0.15) is 30.8 Å². The number of H-pyrrole nitrogens is 1. The Balaban J connectivity index is 1.55. The molecule has 124 valence electrons. The number of imidazole rings is 1. The van der Waals surface area contributed by atoms with Gasteiger partial charge in [-0.05, 0) is 38.9 Å². The van der Waals surface area contributed by atoms with E-state index in [1.54, 1.807) is 11.8 Å². The molecule has 1 aliphatic rings. The number of piperidine rings is 1. The third-order valence-corrected chi connectivity index (χ3v) is 5.57. The highest BCUT2D eigenvalue weighted by Gasteiger charge is 2.23. The zero-order valence-electron chi connectivity index (χ0n) is 13.7. The maximum absolute atomic E-state index is 12.4. The lowest BCUT2D eigenvalue weighted by molar-refractivity contribution is -0.129. The van der Waals surface area contributed by atoms with Crippen molar-refractivity contribution in [3.8, 4) is 0 Å². The number of benzene rings is 1. The van der Waals surface area contributed by atoms with E-state index < -0.39 is 0 Å². The monoisotopic (exact) mass is 332 g/mol. The fraction of sp³-hybridized carbons (Fsp3) is 0.529. The smallest absolute Gasteiger partial charge is 0.232 e. The van der Waals surface area contributed by atoms with Crippen molar-refractivity contribution in [3.05, 3.63) is 30.1 Å². The summed E-state index contributed by atoms with van der Waals surface area (Å²) >= 11 is 1.65. The fourth-order valence-corrected chi connectivity index (χ4v) is 3.82. The number of carbonyl (C=O) groups is 1. The average Bonchev–Trinajstić information content (AvgIpc) is 3.03. The SMILES string of the molecule is CNC1CCCN(C(=O)CSC(C)c2nc3ccccc3[nH]2)C1. The number of para-hydroxylation sites is 2. The third-order valence-electron chi connectivity index (χ3n) is 4.43. The molecule has 1 amide bonds. The van der Waals surface area contributed by atoms with Crippen molar-refractivity contribution >= 4 is 28.7 Å². The first kappa shape index (κ1) is 16.3. The van der Waals surface area contributed by atoms with Crippen LogP contribution in [0.25, 0.3) is 11.0 Å². The number of amides is 1. The minimum Gasteiger partial charge on any atom is -0.341 e. The van der Waals surface area contributed by atoms with Crippen LogP contribution in [0.5, 0.6) is 0 Å². The van der Waals surface area contributed by atoms with Gasteiger partial charge in [0.05, 0.1) is 22.0 Å². The van der Waals surface area contributed by atoms with Gasteiger partial charge in [-0.2, -0.15) is 0 Å². The van der Waals surface area contributed by atoms with Crippen LogP contribution >= 0.6 is 11.8 Å². The Morgan fingerprint density at radius 2 is 2.35 bits per heavy atom. The summed E-state index contributed by atoms with van der Waals surface area (Å²) in [5, 5.41) is 3.46. The van der Waals surface area contributed by atoms with E-state index in [1.807, 2.05) is 36.2 Å². The molecule has 6 heteroatoms. The highest BCUT2D eigenvalue weighted by Crippen LogP contribution is 2.28. The Labute approximate surface area is 141 Å². The molecule has 0 saturated carbocycles. The molecule has 1 aromatic heterocycles. The number of thioether (sulfide) groups is 1. The lowest BCUT2D eigenvalue weighted by Crippen LogP contribution is -2.47. The summed E-state index contributed by atoms with van der Waals surface area (Å²) in [5.74, 6) is 1.68. The van der Waals surface area contributed by atoms with E-state index in [-0.39, 0.29) is 11.2 Å². The van der Waals surface area contributed by atoms with E-state index in [0.717, 1.165) is 42.8 Å². The fourth-order valence-electron chi connectivity index (χ4n) is 2.97. The van der Waals surface area contributed by atoms with Crippen molar-refractivity contribution in [2.24, 2.45) is 0 Å². The van der Waals surface area contributed by atoms with Gasteiger partial charge < -0.3 is 15.2 Å². The summed E-state index contributed by atoms with van der Waals surface area (Å²) in [6.07, 6.45) is 2.24. The molecule has 1 aliphatic heterocycles. The number of hydrogen-bond donors (Lipinski definition) is 2. The van der Waals surface area contributed by atoms with E-state index in [0.29, 0.717) is 11.8 Å². The second kappa shape index (κ2) is 7.36. The molecule has 1 aromatic carbocycles. The second-order valence-electron chi connectivity index (χ2n) is 6.06. The van der Waals surface area contributed by atoms with E-state index in [2.05, 4.69) is 22.2 Å². The first-order chi connectivity index (χ1) is 11.2. The second-order valence-corrected chi connectivity index (χ2v) is 7.39. The van der Waals surface area contributed by atoms with Gasteiger partial charge in [0.25, 0.3) is 0 Å². The number of nitrogens with one attached hydrogen (secondary N) is 2. The van der Waals surface area contributed by atoms with Crippen LogP contribution in [-0.4, -0.2) is 52.7 Å². The molecular formula is C17H24N4OS. The molecule has 0 spiro atoms. The largest absolute Gasteiger partial charge is 0.341 e. The molecule has 3 rings (SSSR count). The maximum atomic E-state index is 12.4. The third kappa shape index (κ3) is 3.87. The van der Waals surface area contributed by atoms with Crippen molar-refractivity contribution in [1.29, 1.82) is 0 Å². The minimum absolute atomic E-state index is 0.177. The molecule has 2 unspecified atom stereocenters. The number of aromatic nitrogens is 2. The summed E-state index contributed by atoms with van der Waals surface area (Å²) in [6, 6.07) is 8.46. The summed E-state index contributed by atoms with van der Waals surface area (Å²) in [4.78, 5) is 22.4. The van der Waals surface area contributed by atoms with E-state index in [9.17, 15) is 4.79 Å². The number of hydrogen-bond acceptors (Lipinski definition) is 4. The van der Waals surface area contributed by atoms with Gasteiger partial charge in [0, 0.05) is 19.1 Å². The van der Waals surface area contributed by atoms with Gasteiger partial charge in [0.15, 0.2) is 0 Å². The first-order valence-corrected chi connectivity index (χ1v) is 9.23. The molecule has 1 saturated heterocycles. The van der Waals surface area contributed by atoms with Crippen molar-refractivity contribution in [2.45, 2.75) is 31.1 Å². The lowest BCUT2D eigenvalue weighted by atomic mass is 10.1. The predicted molar refractivity (Wildman–Crippen MR) is 95.6 cm³/mol. The van der Waals surface area contributed by atoms with Gasteiger partial charge in [0.1, 0.15) is 5.82 Å². The lowest BCUT2D eigenvalue weighted by Gasteiger charge is -2.32. The zero-order chi connectivity index (χ0) is 16.2. The number of likely N-dealkylation sites (tertiary alicyclic amines) is 1. The van der Waals surface area contributed by atoms with Gasteiger partial charge in [-0.1, -0.05) is 12.1 Å². The number of fused-ring (bicyclic) bond motifs is 1. The van der Waals surface area contributed by atoms with Gasteiger partial charge in [-0.3, -0.25) is 4.79 Å². The zero-order valence-corrected chi connectivity index (χ0v) is 14.5. The summed E-state index contributed by atoms with van der Waals surface area (Å²) in [6.45, 7) is 3.81. The molecule has 0 aliphatic carbocycles. The molecule has 0 bridgehead atoms. The minimum atomic E-state index is 0.177. The van der Waals surface area contributed by atoms with E-state index >= 15 is 0 Å². The van der Waals surface area contributed by atoms with Crippen LogP contribution in [0.4, 0.5) is 0 Å². The summed E-state index contributed by atoms with van der Waals surface area (Å²) in [5.41, 5.74) is 2.03. The topological polar surface area (TPSA) is 61.0 Å². The number of likely N-dealkylation sites (N-methyl/N-ethyl adjacent to an activating group) is 1. The number of rotatable bonds is 5. The quantitative estimate of drug-likeness (QED) is 0.883. The Kier molecular flexibility index (Phi) is 5.23. The van der Waals surface area contributed by atoms with Gasteiger partial charge in [0.2, 0.25) is 5.91 Å². The molecular weight excluding hydrogens is 308 g/mol. The molecule has 23 heavy (non-hydrogen) atoms. The van der Waals surface area contributed by atoms with Crippen LogP contribution in [-0.2, 0) is 4.79 Å². The first-order valence-electron chi connectivity index (χ1n) is 8.18. The standard InChI is InChI=1S/C17H24N4OS/c1-12(17-19-14-7-3-4-8-15(14)20-17)23-11-16(22)21-9-5-6-13(10-21)18-2/h3-4,7-8,12-13,18H,5-6,9-11H2,1-2H3,(H,19,20). The van der Waals surface area contributed by atoms with Crippen LogP contribution in [0, 0.1) is 0 Å². The van der Waals surface area contributed by atoms with Crippen LogP contribution in [0.15, 0.2) is 24.3 Å². The maximum Gasteiger partial charge on any atom is 0.232 e. The van der Waals surface area contributed by atoms with Gasteiger partial charge in [-0.15, -0.1) is 11.8 Å². The average molecular weight is 332 g/mol. The Hall–Kier alpha value is -1.53. The van der Waals surface area contributed by atoms with E-state index in [4.69, 9.17) is 0 Å². The molecule has 1 fully saturated rings. The number of carbonyl (C=O) groups excluding carboxylic acids is 1. The predicted octanol–water partition coefficient (Wildman–Crippen LogP) is 2.57. The van der Waals surface area contributed by atoms with Crippen LogP contribution in [0.2, 0.25) is 0 Å². The van der Waals surface area contributed by atoms with Crippen molar-refractivity contribution in [2.75, 3.05) is 25.9 Å². The van der Waals surface area contributed by atoms with Gasteiger partial charge in [-0.25, -0.2) is 4.98 Å². The molecule has 2 aromatic rings. The molecule has 2 atom stereocenters. The van der Waals surface area contributed by atoms with Crippen molar-refractivity contribution in [1.82, 2.24) is 20.2 Å². The number of nitrogens with zero attached hydrogens (tertiary/aromatic N) is 2. The molecule has 2 N–H and O–H groups in total. The molecule has 5 nitrogen and oxygen atoms in total. The molecule has 2 heterocycles. The van der Waals surface area contributed by atoms with Crippen molar-refractivity contribution < 1.29 is 4.79 Å².